The number of ether oxygens (including phenoxy) is 2. The van der Waals surface area contributed by atoms with Gasteiger partial charge in [0, 0.05) is 26.3 Å². The first-order chi connectivity index (χ1) is 24.9. The molecule has 8 N–H and O–H groups in total. The second kappa shape index (κ2) is 18.9. The number of aromatic hydroxyl groups is 1. The van der Waals surface area contributed by atoms with Gasteiger partial charge in [-0.1, -0.05) is 56.3 Å². The largest absolute Gasteiger partial charge is 0.508 e. The summed E-state index contributed by atoms with van der Waals surface area (Å²) in [4.78, 5) is 80.0. The lowest BCUT2D eigenvalue weighted by Gasteiger charge is -2.34. The normalized spacial score (nSPS) is 18.3. The van der Waals surface area contributed by atoms with Crippen LogP contribution in [0.25, 0.3) is 0 Å². The number of primary amides is 1. The van der Waals surface area contributed by atoms with E-state index in [1.807, 2.05) is 35.8 Å². The minimum absolute atomic E-state index is 0.000336. The van der Waals surface area contributed by atoms with E-state index in [0.29, 0.717) is 11.8 Å². The molecule has 0 spiro atoms. The highest BCUT2D eigenvalue weighted by molar-refractivity contribution is 6.08. The van der Waals surface area contributed by atoms with E-state index < -0.39 is 77.2 Å². The number of carbonyl (C=O) groups excluding carboxylic acids is 6. The third-order valence-electron chi connectivity index (χ3n) is 8.31. The maximum Gasteiger partial charge on any atom is 0.332 e. The lowest BCUT2D eigenvalue weighted by Crippen LogP contribution is -2.59. The second-order valence-electron chi connectivity index (χ2n) is 14.2. The molecule has 1 fully saturated rings. The predicted molar refractivity (Wildman–Crippen MR) is 195 cm³/mol. The van der Waals surface area contributed by atoms with Gasteiger partial charge in [0.2, 0.25) is 23.6 Å². The number of hydrogen-bond acceptors (Lipinski definition) is 11. The zero-order chi connectivity index (χ0) is 39.5. The number of nitrogens with zero attached hydrogens (tertiary/aromatic N) is 2. The molecule has 1 aliphatic heterocycles. The van der Waals surface area contributed by atoms with Gasteiger partial charge in [-0.05, 0) is 49.9 Å². The highest BCUT2D eigenvalue weighted by Crippen LogP contribution is 2.29. The third-order valence-corrected chi connectivity index (χ3v) is 8.31. The fourth-order valence-electron chi connectivity index (χ4n) is 5.83. The van der Waals surface area contributed by atoms with E-state index in [1.165, 1.54) is 24.0 Å². The van der Waals surface area contributed by atoms with Crippen molar-refractivity contribution in [2.75, 3.05) is 6.54 Å². The molecule has 288 valence electrons. The first-order valence-electron chi connectivity index (χ1n) is 17.3. The average Bonchev–Trinajstić information content (AvgIpc) is 3.52. The number of ketones is 1. The minimum Gasteiger partial charge on any atom is -0.508 e. The van der Waals surface area contributed by atoms with E-state index in [9.17, 15) is 33.9 Å². The molecule has 0 saturated carbocycles. The highest BCUT2D eigenvalue weighted by atomic mass is 16.5. The van der Waals surface area contributed by atoms with Gasteiger partial charge in [0.15, 0.2) is 5.78 Å². The Hall–Kier alpha value is -5.35. The molecule has 0 bridgehead atoms. The Morgan fingerprint density at radius 3 is 2.21 bits per heavy atom. The van der Waals surface area contributed by atoms with Gasteiger partial charge in [-0.3, -0.25) is 19.2 Å². The number of nitrogens with two attached hydrogens (primary N) is 2. The number of carbonyl (C=O) groups is 6. The van der Waals surface area contributed by atoms with Gasteiger partial charge in [0.25, 0.3) is 0 Å². The van der Waals surface area contributed by atoms with E-state index in [4.69, 9.17) is 20.9 Å². The molecule has 0 radical (unpaired) electrons. The number of urea groups is 1. The summed E-state index contributed by atoms with van der Waals surface area (Å²) in [5, 5.41) is 19.0. The van der Waals surface area contributed by atoms with Crippen LogP contribution >= 0.6 is 0 Å². The zero-order valence-electron chi connectivity index (χ0n) is 30.9. The number of hydrazone groups is 1. The molecule has 1 aliphatic rings. The topological polar surface area (TPSA) is 245 Å². The number of Topliss-reactive ketones (excluding diaryl/α,β-unsaturated/α-hetero) is 1. The predicted octanol–water partition coefficient (Wildman–Crippen LogP) is 1.27. The number of amides is 5. The molecule has 1 heterocycles. The summed E-state index contributed by atoms with van der Waals surface area (Å²) in [6, 6.07) is 9.38. The van der Waals surface area contributed by atoms with Gasteiger partial charge >= 0.3 is 6.03 Å². The van der Waals surface area contributed by atoms with Crippen molar-refractivity contribution < 1.29 is 43.3 Å². The number of aldehydes is 1. The number of hydrogen-bond donors (Lipinski definition) is 6. The van der Waals surface area contributed by atoms with Crippen LogP contribution in [0.15, 0.2) is 59.7 Å². The summed E-state index contributed by atoms with van der Waals surface area (Å²) < 4.78 is 12.1. The standard InChI is InChI=1S/C37H51N7O9/c1-21(2)31(41-33(49)28(40-22(3)46)16-23-12-14-25(47)15-13-23)35(50)44-18-26(52-20-24-10-8-7-9-11-24)17-29(44)32(48)30(27(38)19-45)34(42-43-36(39)51)53-37(4,5)6/h7-15,19,21,26-31,47H,16-18,20,38H2,1-6H3,(H,40,46)(H,41,49)(H3,39,43,51)/t26?,27?,28-,29-,30?,31-/m0/s1. The molecule has 3 unspecified atom stereocenters. The fraction of sp³-hybridized carbons (Fsp3) is 0.486. The van der Waals surface area contributed by atoms with E-state index in [-0.39, 0.29) is 37.6 Å². The summed E-state index contributed by atoms with van der Waals surface area (Å²) in [6.45, 7) is 9.79. The molecule has 2 aromatic rings. The number of rotatable bonds is 16. The summed E-state index contributed by atoms with van der Waals surface area (Å²) in [7, 11) is 0. The van der Waals surface area contributed by atoms with Gasteiger partial charge in [-0.25, -0.2) is 10.2 Å². The minimum atomic E-state index is -1.56. The maximum absolute atomic E-state index is 14.6. The molecular formula is C37H51N7O9. The Morgan fingerprint density at radius 2 is 1.66 bits per heavy atom. The van der Waals surface area contributed by atoms with Crippen LogP contribution < -0.4 is 27.5 Å². The molecule has 53 heavy (non-hydrogen) atoms. The van der Waals surface area contributed by atoms with Crippen LogP contribution in [0.4, 0.5) is 4.79 Å². The molecule has 16 heteroatoms. The lowest BCUT2D eigenvalue weighted by atomic mass is 9.89. The number of benzene rings is 2. The summed E-state index contributed by atoms with van der Waals surface area (Å²) in [6.07, 6.45) is -0.254. The molecule has 5 amide bonds. The summed E-state index contributed by atoms with van der Waals surface area (Å²) in [5.41, 5.74) is 14.0. The molecule has 0 aliphatic carbocycles. The van der Waals surface area contributed by atoms with Gasteiger partial charge < -0.3 is 46.4 Å². The fourth-order valence-corrected chi connectivity index (χ4v) is 5.83. The molecule has 16 nitrogen and oxygen atoms in total. The Morgan fingerprint density at radius 1 is 1.02 bits per heavy atom. The van der Waals surface area contributed by atoms with Crippen LogP contribution in [0.1, 0.15) is 59.1 Å². The van der Waals surface area contributed by atoms with Crippen molar-refractivity contribution in [2.24, 2.45) is 28.4 Å². The summed E-state index contributed by atoms with van der Waals surface area (Å²) >= 11 is 0. The van der Waals surface area contributed by atoms with E-state index in [0.717, 1.165) is 5.56 Å². The Kier molecular flexibility index (Phi) is 15.0. The van der Waals surface area contributed by atoms with Crippen LogP contribution in [0.2, 0.25) is 0 Å². The lowest BCUT2D eigenvalue weighted by molar-refractivity contribution is -0.143. The van der Waals surface area contributed by atoms with Gasteiger partial charge in [-0.2, -0.15) is 0 Å². The Balaban J connectivity index is 2.01. The van der Waals surface area contributed by atoms with Crippen LogP contribution in [0.3, 0.4) is 0 Å². The molecular weight excluding hydrogens is 686 g/mol. The monoisotopic (exact) mass is 737 g/mol. The molecule has 0 aromatic heterocycles. The number of nitrogens with one attached hydrogen (secondary N) is 3. The van der Waals surface area contributed by atoms with E-state index in [1.54, 1.807) is 46.8 Å². The van der Waals surface area contributed by atoms with Crippen molar-refractivity contribution >= 4 is 41.7 Å². The van der Waals surface area contributed by atoms with Gasteiger partial charge in [-0.15, -0.1) is 5.10 Å². The number of phenolic OH excluding ortho intramolecular Hbond substituents is 1. The zero-order valence-corrected chi connectivity index (χ0v) is 30.9. The smallest absolute Gasteiger partial charge is 0.332 e. The average molecular weight is 738 g/mol. The second-order valence-corrected chi connectivity index (χ2v) is 14.2. The van der Waals surface area contributed by atoms with Crippen molar-refractivity contribution in [1.29, 1.82) is 0 Å². The van der Waals surface area contributed by atoms with Crippen molar-refractivity contribution in [1.82, 2.24) is 21.0 Å². The molecule has 6 atom stereocenters. The van der Waals surface area contributed by atoms with E-state index >= 15 is 0 Å². The van der Waals surface area contributed by atoms with Crippen molar-refractivity contribution in [2.45, 2.75) is 96.9 Å². The highest BCUT2D eigenvalue weighted by Gasteiger charge is 2.48. The summed E-state index contributed by atoms with van der Waals surface area (Å²) in [5.74, 6) is -4.86. The quantitative estimate of drug-likeness (QED) is 0.0624. The SMILES string of the molecule is CC(=O)N[C@@H](Cc1ccc(O)cc1)C(=O)N[C@H](C(=O)N1CC(OCc2ccccc2)C[C@H]1C(=O)C(C(=NNC(N)=O)OC(C)(C)C)C(N)C=O)C(C)C. The molecule has 2 aromatic carbocycles. The molecule has 3 rings (SSSR count). The van der Waals surface area contributed by atoms with Gasteiger partial charge in [0.1, 0.15) is 35.6 Å². The van der Waals surface area contributed by atoms with Crippen LogP contribution in [0, 0.1) is 11.8 Å². The van der Waals surface area contributed by atoms with Crippen molar-refractivity contribution in [3.8, 4) is 5.75 Å². The Labute approximate surface area is 309 Å². The van der Waals surface area contributed by atoms with Crippen molar-refractivity contribution in [3.63, 3.8) is 0 Å². The third kappa shape index (κ3) is 12.7. The number of phenols is 1. The maximum atomic E-state index is 14.6. The van der Waals surface area contributed by atoms with Crippen molar-refractivity contribution in [3.05, 3.63) is 65.7 Å². The van der Waals surface area contributed by atoms with Crippen LogP contribution in [-0.2, 0) is 46.5 Å². The Bertz CT molecular complexity index is 1630. The number of likely N-dealkylation sites (tertiary alicyclic amines) is 1. The first-order valence-corrected chi connectivity index (χ1v) is 17.3. The van der Waals surface area contributed by atoms with Crippen LogP contribution in [-0.4, -0.2) is 94.1 Å². The van der Waals surface area contributed by atoms with Crippen LogP contribution in [0.5, 0.6) is 5.75 Å². The first kappa shape index (κ1) is 42.1. The molecule has 1 saturated heterocycles. The van der Waals surface area contributed by atoms with E-state index in [2.05, 4.69) is 15.7 Å². The van der Waals surface area contributed by atoms with Gasteiger partial charge in [0.05, 0.1) is 24.8 Å².